The third-order valence-electron chi connectivity index (χ3n) is 2.80. The molecule has 20 heavy (non-hydrogen) atoms. The predicted octanol–water partition coefficient (Wildman–Crippen LogP) is 2.56. The Bertz CT molecular complexity index is 557. The third kappa shape index (κ3) is 3.54. The lowest BCUT2D eigenvalue weighted by molar-refractivity contribution is -0.143. The third-order valence-corrected chi connectivity index (χ3v) is 2.80. The van der Waals surface area contributed by atoms with E-state index >= 15 is 0 Å². The van der Waals surface area contributed by atoms with Gasteiger partial charge in [0.1, 0.15) is 24.1 Å². The van der Waals surface area contributed by atoms with Gasteiger partial charge in [0.15, 0.2) is 0 Å². The highest BCUT2D eigenvalue weighted by atomic mass is 19.1. The minimum Gasteiger partial charge on any atom is -0.492 e. The van der Waals surface area contributed by atoms with Gasteiger partial charge in [-0.05, 0) is 35.9 Å². The molecule has 104 valence electrons. The minimum atomic E-state index is -0.571. The fraction of sp³-hybridized carbons (Fsp3) is 0.200. The number of halogens is 1. The van der Waals surface area contributed by atoms with Crippen molar-refractivity contribution >= 4 is 5.97 Å². The van der Waals surface area contributed by atoms with Gasteiger partial charge < -0.3 is 9.47 Å². The monoisotopic (exact) mass is 275 g/mol. The molecule has 1 atom stereocenters. The SMILES string of the molecule is COC(=O)C(COc1ccc(F)cc1)c1cccnc1. The van der Waals surface area contributed by atoms with Gasteiger partial charge in [0.25, 0.3) is 0 Å². The molecular weight excluding hydrogens is 261 g/mol. The Morgan fingerprint density at radius 2 is 2.05 bits per heavy atom. The first-order chi connectivity index (χ1) is 9.70. The second-order valence-corrected chi connectivity index (χ2v) is 4.13. The summed E-state index contributed by atoms with van der Waals surface area (Å²) in [6, 6.07) is 9.13. The van der Waals surface area contributed by atoms with Crippen molar-refractivity contribution in [3.63, 3.8) is 0 Å². The quantitative estimate of drug-likeness (QED) is 0.787. The number of methoxy groups -OCH3 is 1. The van der Waals surface area contributed by atoms with E-state index in [-0.39, 0.29) is 12.4 Å². The molecule has 0 saturated heterocycles. The van der Waals surface area contributed by atoms with Crippen LogP contribution in [0, 0.1) is 5.82 Å². The maximum Gasteiger partial charge on any atom is 0.316 e. The fourth-order valence-corrected chi connectivity index (χ4v) is 1.74. The van der Waals surface area contributed by atoms with Gasteiger partial charge in [-0.1, -0.05) is 6.07 Å². The van der Waals surface area contributed by atoms with E-state index in [2.05, 4.69) is 4.98 Å². The number of carbonyl (C=O) groups is 1. The number of benzene rings is 1. The highest BCUT2D eigenvalue weighted by molar-refractivity contribution is 5.78. The molecule has 1 unspecified atom stereocenters. The number of nitrogens with zero attached hydrogens (tertiary/aromatic N) is 1. The minimum absolute atomic E-state index is 0.101. The molecule has 4 nitrogen and oxygen atoms in total. The molecule has 0 aliphatic carbocycles. The zero-order valence-electron chi connectivity index (χ0n) is 11.0. The number of hydrogen-bond acceptors (Lipinski definition) is 4. The fourth-order valence-electron chi connectivity index (χ4n) is 1.74. The highest BCUT2D eigenvalue weighted by Crippen LogP contribution is 2.19. The number of ether oxygens (including phenoxy) is 2. The van der Waals surface area contributed by atoms with Gasteiger partial charge >= 0.3 is 5.97 Å². The number of pyridine rings is 1. The van der Waals surface area contributed by atoms with E-state index in [1.165, 1.54) is 31.4 Å². The standard InChI is InChI=1S/C15H14FNO3/c1-19-15(18)14(11-3-2-8-17-9-11)10-20-13-6-4-12(16)5-7-13/h2-9,14H,10H2,1H3. The van der Waals surface area contributed by atoms with Crippen LogP contribution in [0.15, 0.2) is 48.8 Å². The van der Waals surface area contributed by atoms with E-state index in [9.17, 15) is 9.18 Å². The Morgan fingerprint density at radius 3 is 2.65 bits per heavy atom. The van der Waals surface area contributed by atoms with Crippen molar-refractivity contribution in [2.45, 2.75) is 5.92 Å². The van der Waals surface area contributed by atoms with Crippen LogP contribution >= 0.6 is 0 Å². The summed E-state index contributed by atoms with van der Waals surface area (Å²) in [5, 5.41) is 0. The van der Waals surface area contributed by atoms with E-state index in [4.69, 9.17) is 9.47 Å². The molecule has 0 saturated carbocycles. The van der Waals surface area contributed by atoms with Crippen molar-refractivity contribution in [3.05, 3.63) is 60.2 Å². The van der Waals surface area contributed by atoms with Gasteiger partial charge in [0, 0.05) is 12.4 Å². The molecule has 0 radical (unpaired) electrons. The first kappa shape index (κ1) is 14.0. The maximum absolute atomic E-state index is 12.8. The van der Waals surface area contributed by atoms with Gasteiger partial charge in [-0.25, -0.2) is 4.39 Å². The van der Waals surface area contributed by atoms with Crippen LogP contribution in [0.1, 0.15) is 11.5 Å². The average molecular weight is 275 g/mol. The van der Waals surface area contributed by atoms with Gasteiger partial charge in [0.05, 0.1) is 7.11 Å². The molecule has 1 aromatic carbocycles. The van der Waals surface area contributed by atoms with Crippen LogP contribution in [0.5, 0.6) is 5.75 Å². The first-order valence-corrected chi connectivity index (χ1v) is 6.07. The smallest absolute Gasteiger partial charge is 0.316 e. The van der Waals surface area contributed by atoms with Crippen molar-refractivity contribution in [2.75, 3.05) is 13.7 Å². The molecule has 0 spiro atoms. The molecule has 2 rings (SSSR count). The van der Waals surface area contributed by atoms with E-state index in [1.807, 2.05) is 0 Å². The molecular formula is C15H14FNO3. The van der Waals surface area contributed by atoms with E-state index in [1.54, 1.807) is 24.5 Å². The lowest BCUT2D eigenvalue weighted by Gasteiger charge is -2.15. The van der Waals surface area contributed by atoms with Crippen molar-refractivity contribution in [1.82, 2.24) is 4.98 Å². The van der Waals surface area contributed by atoms with Crippen LogP contribution in [-0.4, -0.2) is 24.7 Å². The van der Waals surface area contributed by atoms with E-state index in [0.29, 0.717) is 11.3 Å². The number of esters is 1. The summed E-state index contributed by atoms with van der Waals surface area (Å²) in [5.74, 6) is -0.822. The zero-order chi connectivity index (χ0) is 14.4. The molecule has 0 N–H and O–H groups in total. The Labute approximate surface area is 116 Å². The molecule has 0 fully saturated rings. The van der Waals surface area contributed by atoms with E-state index < -0.39 is 11.9 Å². The van der Waals surface area contributed by atoms with Crippen molar-refractivity contribution in [3.8, 4) is 5.75 Å². The van der Waals surface area contributed by atoms with Crippen LogP contribution in [0.3, 0.4) is 0 Å². The summed E-state index contributed by atoms with van der Waals surface area (Å²) >= 11 is 0. The first-order valence-electron chi connectivity index (χ1n) is 6.07. The molecule has 0 aliphatic rings. The normalized spacial score (nSPS) is 11.7. The van der Waals surface area contributed by atoms with Crippen LogP contribution in [-0.2, 0) is 9.53 Å². The van der Waals surface area contributed by atoms with Crippen LogP contribution in [0.2, 0.25) is 0 Å². The Balaban J connectivity index is 2.09. The van der Waals surface area contributed by atoms with Crippen LogP contribution in [0.4, 0.5) is 4.39 Å². The molecule has 2 aromatic rings. The van der Waals surface area contributed by atoms with Crippen molar-refractivity contribution in [2.24, 2.45) is 0 Å². The van der Waals surface area contributed by atoms with Crippen molar-refractivity contribution in [1.29, 1.82) is 0 Å². The molecule has 0 bridgehead atoms. The number of aromatic nitrogens is 1. The van der Waals surface area contributed by atoms with E-state index in [0.717, 1.165) is 0 Å². The molecule has 1 heterocycles. The topological polar surface area (TPSA) is 48.4 Å². The second kappa shape index (κ2) is 6.65. The Kier molecular flexibility index (Phi) is 4.65. The van der Waals surface area contributed by atoms with Crippen molar-refractivity contribution < 1.29 is 18.7 Å². The summed E-state index contributed by atoms with van der Waals surface area (Å²) in [4.78, 5) is 15.8. The lowest BCUT2D eigenvalue weighted by Crippen LogP contribution is -2.21. The zero-order valence-corrected chi connectivity index (χ0v) is 11.0. The summed E-state index contributed by atoms with van der Waals surface area (Å²) in [6.07, 6.45) is 3.22. The summed E-state index contributed by atoms with van der Waals surface area (Å²) in [6.45, 7) is 0.101. The molecule has 5 heteroatoms. The average Bonchev–Trinajstić information content (AvgIpc) is 2.50. The molecule has 0 amide bonds. The summed E-state index contributed by atoms with van der Waals surface area (Å²) < 4.78 is 23.1. The van der Waals surface area contributed by atoms with Gasteiger partial charge in [-0.3, -0.25) is 9.78 Å². The summed E-state index contributed by atoms with van der Waals surface area (Å²) in [5.41, 5.74) is 0.710. The van der Waals surface area contributed by atoms with Gasteiger partial charge in [0.2, 0.25) is 0 Å². The Hall–Kier alpha value is -2.43. The van der Waals surface area contributed by atoms with Crippen LogP contribution in [0.25, 0.3) is 0 Å². The van der Waals surface area contributed by atoms with Crippen LogP contribution < -0.4 is 4.74 Å². The molecule has 1 aromatic heterocycles. The second-order valence-electron chi connectivity index (χ2n) is 4.13. The Morgan fingerprint density at radius 1 is 1.30 bits per heavy atom. The highest BCUT2D eigenvalue weighted by Gasteiger charge is 2.22. The number of hydrogen-bond donors (Lipinski definition) is 0. The number of carbonyl (C=O) groups excluding carboxylic acids is 1. The molecule has 0 aliphatic heterocycles. The van der Waals surface area contributed by atoms with Gasteiger partial charge in [-0.15, -0.1) is 0 Å². The maximum atomic E-state index is 12.8. The summed E-state index contributed by atoms with van der Waals surface area (Å²) in [7, 11) is 1.32. The predicted molar refractivity (Wildman–Crippen MR) is 70.9 cm³/mol. The number of rotatable bonds is 5. The largest absolute Gasteiger partial charge is 0.492 e. The lowest BCUT2D eigenvalue weighted by atomic mass is 10.0. The van der Waals surface area contributed by atoms with Gasteiger partial charge in [-0.2, -0.15) is 0 Å².